The van der Waals surface area contributed by atoms with E-state index in [1.54, 1.807) is 6.07 Å². The van der Waals surface area contributed by atoms with Gasteiger partial charge in [-0.05, 0) is 18.9 Å². The highest BCUT2D eigenvalue weighted by Gasteiger charge is 2.22. The molecule has 1 N–H and O–H groups in total. The average Bonchev–Trinajstić information content (AvgIpc) is 2.20. The third-order valence-corrected chi connectivity index (χ3v) is 2.21. The first-order valence-electron chi connectivity index (χ1n) is 4.70. The maximum atomic E-state index is 13.3. The first-order chi connectivity index (χ1) is 7.16. The summed E-state index contributed by atoms with van der Waals surface area (Å²) in [4.78, 5) is 10.9. The molecule has 1 unspecified atom stereocenters. The number of alkyl halides is 1. The van der Waals surface area contributed by atoms with Crippen LogP contribution in [-0.4, -0.2) is 17.8 Å². The molecule has 15 heavy (non-hydrogen) atoms. The van der Waals surface area contributed by atoms with Crippen LogP contribution in [0.2, 0.25) is 0 Å². The second-order valence-corrected chi connectivity index (χ2v) is 3.24. The van der Waals surface area contributed by atoms with E-state index in [0.717, 1.165) is 0 Å². The van der Waals surface area contributed by atoms with Crippen LogP contribution in [0.25, 0.3) is 0 Å². The molecule has 4 heteroatoms. The smallest absolute Gasteiger partial charge is 0.311 e. The molecule has 2 nitrogen and oxygen atoms in total. The molecule has 0 aromatic heterocycles. The Hall–Kier alpha value is -1.45. The standard InChI is InChI=1S/C11H12F2O2/c12-7-3-5-9(11(14)15)8-4-1-2-6-10(8)13/h1-2,4,6,9H,3,5,7H2,(H,14,15). The fourth-order valence-electron chi connectivity index (χ4n) is 1.45. The third-order valence-electron chi connectivity index (χ3n) is 2.21. The van der Waals surface area contributed by atoms with E-state index in [1.807, 2.05) is 0 Å². The van der Waals surface area contributed by atoms with Gasteiger partial charge in [-0.15, -0.1) is 0 Å². The molecule has 1 rings (SSSR count). The van der Waals surface area contributed by atoms with Crippen LogP contribution < -0.4 is 0 Å². The number of hydrogen-bond acceptors (Lipinski definition) is 1. The van der Waals surface area contributed by atoms with Crippen molar-refractivity contribution in [3.05, 3.63) is 35.6 Å². The lowest BCUT2D eigenvalue weighted by Gasteiger charge is -2.12. The molecule has 0 fully saturated rings. The van der Waals surface area contributed by atoms with E-state index >= 15 is 0 Å². The van der Waals surface area contributed by atoms with Crippen molar-refractivity contribution in [1.29, 1.82) is 0 Å². The van der Waals surface area contributed by atoms with Crippen molar-refractivity contribution in [2.45, 2.75) is 18.8 Å². The van der Waals surface area contributed by atoms with Gasteiger partial charge in [-0.1, -0.05) is 18.2 Å². The van der Waals surface area contributed by atoms with Gasteiger partial charge >= 0.3 is 5.97 Å². The molecule has 0 aliphatic carbocycles. The lowest BCUT2D eigenvalue weighted by Crippen LogP contribution is -2.13. The first kappa shape index (κ1) is 11.6. The maximum Gasteiger partial charge on any atom is 0.311 e. The number of benzene rings is 1. The molecule has 0 saturated heterocycles. The van der Waals surface area contributed by atoms with Gasteiger partial charge < -0.3 is 5.11 Å². The minimum absolute atomic E-state index is 0.118. The van der Waals surface area contributed by atoms with E-state index in [9.17, 15) is 13.6 Å². The van der Waals surface area contributed by atoms with E-state index < -0.39 is 24.4 Å². The molecule has 0 bridgehead atoms. The lowest BCUT2D eigenvalue weighted by molar-refractivity contribution is -0.139. The van der Waals surface area contributed by atoms with Crippen LogP contribution in [0.1, 0.15) is 24.3 Å². The predicted molar refractivity (Wildman–Crippen MR) is 52.0 cm³/mol. The molecular weight excluding hydrogens is 202 g/mol. The summed E-state index contributed by atoms with van der Waals surface area (Å²) < 4.78 is 25.2. The molecule has 0 radical (unpaired) electrons. The molecule has 82 valence electrons. The number of carboxylic acid groups (broad SMARTS) is 1. The summed E-state index contributed by atoms with van der Waals surface area (Å²) in [5.74, 6) is -2.63. The second kappa shape index (κ2) is 5.44. The Kier molecular flexibility index (Phi) is 4.21. The van der Waals surface area contributed by atoms with Gasteiger partial charge in [0.25, 0.3) is 0 Å². The zero-order valence-corrected chi connectivity index (χ0v) is 8.12. The van der Waals surface area contributed by atoms with Crippen LogP contribution in [0.5, 0.6) is 0 Å². The Morgan fingerprint density at radius 1 is 1.40 bits per heavy atom. The molecule has 1 aromatic carbocycles. The number of halogens is 2. The minimum atomic E-state index is -1.12. The van der Waals surface area contributed by atoms with Crippen molar-refractivity contribution in [3.63, 3.8) is 0 Å². The number of hydrogen-bond donors (Lipinski definition) is 1. The summed E-state index contributed by atoms with van der Waals surface area (Å²) in [6.07, 6.45) is 0.248. The molecule has 0 amide bonds. The quantitative estimate of drug-likeness (QED) is 0.818. The lowest BCUT2D eigenvalue weighted by atomic mass is 9.94. The fraction of sp³-hybridized carbons (Fsp3) is 0.364. The molecular formula is C11H12F2O2. The van der Waals surface area contributed by atoms with Crippen LogP contribution >= 0.6 is 0 Å². The van der Waals surface area contributed by atoms with Crippen molar-refractivity contribution in [1.82, 2.24) is 0 Å². The van der Waals surface area contributed by atoms with Crippen LogP contribution in [0.4, 0.5) is 8.78 Å². The molecule has 0 aliphatic rings. The largest absolute Gasteiger partial charge is 0.481 e. The van der Waals surface area contributed by atoms with Crippen molar-refractivity contribution < 1.29 is 18.7 Å². The molecule has 0 spiro atoms. The Morgan fingerprint density at radius 2 is 2.07 bits per heavy atom. The monoisotopic (exact) mass is 214 g/mol. The van der Waals surface area contributed by atoms with Gasteiger partial charge in [0.2, 0.25) is 0 Å². The Balaban J connectivity index is 2.89. The molecule has 1 aromatic rings. The minimum Gasteiger partial charge on any atom is -0.481 e. The predicted octanol–water partition coefficient (Wildman–Crippen LogP) is 2.74. The Morgan fingerprint density at radius 3 is 2.60 bits per heavy atom. The fourth-order valence-corrected chi connectivity index (χ4v) is 1.45. The van der Waals surface area contributed by atoms with Gasteiger partial charge in [0.05, 0.1) is 12.6 Å². The van der Waals surface area contributed by atoms with Gasteiger partial charge in [0.15, 0.2) is 0 Å². The summed E-state index contributed by atoms with van der Waals surface area (Å²) in [6.45, 7) is -0.585. The molecule has 0 heterocycles. The van der Waals surface area contributed by atoms with Gasteiger partial charge in [-0.25, -0.2) is 4.39 Å². The van der Waals surface area contributed by atoms with Gasteiger partial charge in [0.1, 0.15) is 5.82 Å². The van der Waals surface area contributed by atoms with Crippen LogP contribution in [0, 0.1) is 5.82 Å². The van der Waals surface area contributed by atoms with Crippen LogP contribution in [0.15, 0.2) is 24.3 Å². The summed E-state index contributed by atoms with van der Waals surface area (Å²) >= 11 is 0. The second-order valence-electron chi connectivity index (χ2n) is 3.24. The van der Waals surface area contributed by atoms with Gasteiger partial charge in [-0.3, -0.25) is 9.18 Å². The first-order valence-corrected chi connectivity index (χ1v) is 4.70. The number of carboxylic acids is 1. The SMILES string of the molecule is O=C(O)C(CCCF)c1ccccc1F. The Labute approximate surface area is 86.5 Å². The number of carbonyl (C=O) groups is 1. The van der Waals surface area contributed by atoms with Crippen molar-refractivity contribution in [2.75, 3.05) is 6.67 Å². The average molecular weight is 214 g/mol. The summed E-state index contributed by atoms with van der Waals surface area (Å²) in [7, 11) is 0. The number of aliphatic carboxylic acids is 1. The zero-order chi connectivity index (χ0) is 11.3. The van der Waals surface area contributed by atoms with Gasteiger partial charge in [0, 0.05) is 5.56 Å². The van der Waals surface area contributed by atoms with E-state index in [4.69, 9.17) is 5.11 Å². The molecule has 0 saturated carbocycles. The van der Waals surface area contributed by atoms with Crippen LogP contribution in [0.3, 0.4) is 0 Å². The van der Waals surface area contributed by atoms with E-state index in [1.165, 1.54) is 18.2 Å². The van der Waals surface area contributed by atoms with Gasteiger partial charge in [-0.2, -0.15) is 0 Å². The summed E-state index contributed by atoms with van der Waals surface area (Å²) in [6, 6.07) is 5.70. The van der Waals surface area contributed by atoms with Crippen molar-refractivity contribution >= 4 is 5.97 Å². The molecule has 0 aliphatic heterocycles. The highest BCUT2D eigenvalue weighted by molar-refractivity contribution is 5.76. The highest BCUT2D eigenvalue weighted by atomic mass is 19.1. The maximum absolute atomic E-state index is 13.3. The van der Waals surface area contributed by atoms with E-state index in [0.29, 0.717) is 0 Å². The van der Waals surface area contributed by atoms with Crippen LogP contribution in [-0.2, 0) is 4.79 Å². The molecule has 1 atom stereocenters. The summed E-state index contributed by atoms with van der Waals surface area (Å²) in [5.41, 5.74) is 0.124. The Bertz CT molecular complexity index is 339. The van der Waals surface area contributed by atoms with Crippen molar-refractivity contribution in [3.8, 4) is 0 Å². The van der Waals surface area contributed by atoms with E-state index in [-0.39, 0.29) is 18.4 Å². The summed E-state index contributed by atoms with van der Waals surface area (Å²) in [5, 5.41) is 8.89. The third kappa shape index (κ3) is 3.01. The zero-order valence-electron chi connectivity index (χ0n) is 8.12. The normalized spacial score (nSPS) is 12.4. The topological polar surface area (TPSA) is 37.3 Å². The van der Waals surface area contributed by atoms with Crippen molar-refractivity contribution in [2.24, 2.45) is 0 Å². The van der Waals surface area contributed by atoms with E-state index in [2.05, 4.69) is 0 Å². The highest BCUT2D eigenvalue weighted by Crippen LogP contribution is 2.24. The number of rotatable bonds is 5.